The van der Waals surface area contributed by atoms with Gasteiger partial charge in [-0.15, -0.1) is 0 Å². The Kier molecular flexibility index (Phi) is 5.44. The first-order valence-electron chi connectivity index (χ1n) is 7.10. The third-order valence-electron chi connectivity index (χ3n) is 3.58. The minimum absolute atomic E-state index is 0.250. The van der Waals surface area contributed by atoms with Crippen molar-refractivity contribution in [2.75, 3.05) is 19.6 Å². The highest BCUT2D eigenvalue weighted by Gasteiger charge is 2.42. The van der Waals surface area contributed by atoms with Gasteiger partial charge in [0.1, 0.15) is 0 Å². The second-order valence-electron chi connectivity index (χ2n) is 5.60. The van der Waals surface area contributed by atoms with Gasteiger partial charge in [-0.2, -0.15) is 0 Å². The minimum Gasteiger partial charge on any atom is -0.341 e. The van der Waals surface area contributed by atoms with Crippen LogP contribution in [-0.4, -0.2) is 36.0 Å². The molecule has 0 bridgehead atoms. The molecule has 100 valence electrons. The zero-order chi connectivity index (χ0) is 12.9. The molecule has 0 aliphatic carbocycles. The molecule has 0 radical (unpaired) electrons. The van der Waals surface area contributed by atoms with Gasteiger partial charge in [-0.25, -0.2) is 0 Å². The zero-order valence-corrected chi connectivity index (χ0v) is 11.9. The smallest absolute Gasteiger partial charge is 0.242 e. The van der Waals surface area contributed by atoms with Crippen LogP contribution in [0.4, 0.5) is 0 Å². The Labute approximate surface area is 106 Å². The van der Waals surface area contributed by atoms with Gasteiger partial charge in [0.15, 0.2) is 0 Å². The molecular weight excluding hydrogens is 212 g/mol. The average molecular weight is 240 g/mol. The Morgan fingerprint density at radius 3 is 2.53 bits per heavy atom. The third kappa shape index (κ3) is 3.44. The lowest BCUT2D eigenvalue weighted by Crippen LogP contribution is -2.55. The van der Waals surface area contributed by atoms with Crippen molar-refractivity contribution in [1.82, 2.24) is 10.2 Å². The highest BCUT2D eigenvalue weighted by molar-refractivity contribution is 5.86. The molecule has 1 unspecified atom stereocenters. The number of carbonyl (C=O) groups excluding carboxylic acids is 1. The van der Waals surface area contributed by atoms with E-state index in [1.807, 2.05) is 4.90 Å². The van der Waals surface area contributed by atoms with Crippen molar-refractivity contribution < 1.29 is 4.79 Å². The van der Waals surface area contributed by atoms with Gasteiger partial charge in [0.05, 0.1) is 5.54 Å². The van der Waals surface area contributed by atoms with Crippen molar-refractivity contribution in [3.63, 3.8) is 0 Å². The molecule has 1 atom stereocenters. The lowest BCUT2D eigenvalue weighted by Gasteiger charge is -2.35. The van der Waals surface area contributed by atoms with E-state index < -0.39 is 0 Å². The lowest BCUT2D eigenvalue weighted by molar-refractivity contribution is -0.138. The Morgan fingerprint density at radius 1 is 1.41 bits per heavy atom. The molecule has 1 amide bonds. The first-order valence-corrected chi connectivity index (χ1v) is 7.10. The fourth-order valence-corrected chi connectivity index (χ4v) is 2.83. The molecule has 0 spiro atoms. The van der Waals surface area contributed by atoms with Crippen molar-refractivity contribution in [1.29, 1.82) is 0 Å². The van der Waals surface area contributed by atoms with E-state index in [2.05, 4.69) is 33.0 Å². The van der Waals surface area contributed by atoms with E-state index in [0.29, 0.717) is 11.8 Å². The maximum atomic E-state index is 12.7. The van der Waals surface area contributed by atoms with Crippen LogP contribution < -0.4 is 5.32 Å². The van der Waals surface area contributed by atoms with Crippen LogP contribution in [0.3, 0.4) is 0 Å². The minimum atomic E-state index is -0.250. The van der Waals surface area contributed by atoms with Gasteiger partial charge in [0, 0.05) is 13.1 Å². The summed E-state index contributed by atoms with van der Waals surface area (Å²) in [4.78, 5) is 14.7. The van der Waals surface area contributed by atoms with Crippen LogP contribution in [0.1, 0.15) is 53.4 Å². The van der Waals surface area contributed by atoms with Gasteiger partial charge >= 0.3 is 0 Å². The molecule has 1 rings (SSSR count). The van der Waals surface area contributed by atoms with Crippen LogP contribution in [0.2, 0.25) is 0 Å². The standard InChI is InChI=1S/C14H28N2O/c1-5-8-14(9-7-10-15-14)13(17)16(6-2)11-12(3)4/h12,15H,5-11H2,1-4H3. The second kappa shape index (κ2) is 6.39. The summed E-state index contributed by atoms with van der Waals surface area (Å²) >= 11 is 0. The van der Waals surface area contributed by atoms with Crippen molar-refractivity contribution in [3.05, 3.63) is 0 Å². The average Bonchev–Trinajstić information content (AvgIpc) is 2.75. The number of hydrogen-bond donors (Lipinski definition) is 1. The van der Waals surface area contributed by atoms with E-state index in [-0.39, 0.29) is 5.54 Å². The summed E-state index contributed by atoms with van der Waals surface area (Å²) in [6, 6.07) is 0. The van der Waals surface area contributed by atoms with Gasteiger partial charge in [-0.3, -0.25) is 4.79 Å². The molecule has 1 saturated heterocycles. The summed E-state index contributed by atoms with van der Waals surface area (Å²) < 4.78 is 0. The number of amides is 1. The normalized spacial score (nSPS) is 24.3. The molecule has 3 nitrogen and oxygen atoms in total. The van der Waals surface area contributed by atoms with Crippen molar-refractivity contribution in [2.24, 2.45) is 5.92 Å². The van der Waals surface area contributed by atoms with Crippen molar-refractivity contribution >= 4 is 5.91 Å². The van der Waals surface area contributed by atoms with E-state index in [4.69, 9.17) is 0 Å². The molecule has 0 aromatic rings. The maximum absolute atomic E-state index is 12.7. The predicted molar refractivity (Wildman–Crippen MR) is 72.0 cm³/mol. The molecule has 1 aliphatic heterocycles. The lowest BCUT2D eigenvalue weighted by atomic mass is 9.90. The number of carbonyl (C=O) groups is 1. The van der Waals surface area contributed by atoms with E-state index >= 15 is 0 Å². The highest BCUT2D eigenvalue weighted by Crippen LogP contribution is 2.27. The summed E-state index contributed by atoms with van der Waals surface area (Å²) in [5, 5.41) is 3.47. The van der Waals surface area contributed by atoms with E-state index in [1.54, 1.807) is 0 Å². The van der Waals surface area contributed by atoms with Crippen molar-refractivity contribution in [3.8, 4) is 0 Å². The zero-order valence-electron chi connectivity index (χ0n) is 11.9. The summed E-state index contributed by atoms with van der Waals surface area (Å²) in [6.45, 7) is 11.3. The molecule has 1 N–H and O–H groups in total. The summed E-state index contributed by atoms with van der Waals surface area (Å²) in [5.41, 5.74) is -0.250. The summed E-state index contributed by atoms with van der Waals surface area (Å²) in [5.74, 6) is 0.868. The predicted octanol–water partition coefficient (Wildman–Crippen LogP) is 2.41. The fraction of sp³-hybridized carbons (Fsp3) is 0.929. The molecular formula is C14H28N2O. The monoisotopic (exact) mass is 240 g/mol. The van der Waals surface area contributed by atoms with Gasteiger partial charge < -0.3 is 10.2 Å². The molecule has 1 aliphatic rings. The number of rotatable bonds is 6. The van der Waals surface area contributed by atoms with Gasteiger partial charge in [-0.1, -0.05) is 27.2 Å². The van der Waals surface area contributed by atoms with Gasteiger partial charge in [0.2, 0.25) is 5.91 Å². The van der Waals surface area contributed by atoms with Crippen LogP contribution in [-0.2, 0) is 4.79 Å². The van der Waals surface area contributed by atoms with Crippen LogP contribution in [0.5, 0.6) is 0 Å². The SMILES string of the molecule is CCCC1(C(=O)N(CC)CC(C)C)CCCN1. The first kappa shape index (κ1) is 14.5. The summed E-state index contributed by atoms with van der Waals surface area (Å²) in [7, 11) is 0. The van der Waals surface area contributed by atoms with Gasteiger partial charge in [0.25, 0.3) is 0 Å². The first-order chi connectivity index (χ1) is 8.05. The van der Waals surface area contributed by atoms with Crippen LogP contribution >= 0.6 is 0 Å². The Bertz CT molecular complexity index is 245. The van der Waals surface area contributed by atoms with E-state index in [0.717, 1.165) is 45.3 Å². The molecule has 1 fully saturated rings. The topological polar surface area (TPSA) is 32.3 Å². The van der Waals surface area contributed by atoms with Crippen LogP contribution in [0, 0.1) is 5.92 Å². The highest BCUT2D eigenvalue weighted by atomic mass is 16.2. The quantitative estimate of drug-likeness (QED) is 0.773. The Morgan fingerprint density at radius 2 is 2.12 bits per heavy atom. The molecule has 3 heteroatoms. The summed E-state index contributed by atoms with van der Waals surface area (Å²) in [6.07, 6.45) is 4.18. The maximum Gasteiger partial charge on any atom is 0.242 e. The van der Waals surface area contributed by atoms with Gasteiger partial charge in [-0.05, 0) is 38.6 Å². The number of nitrogens with zero attached hydrogens (tertiary/aromatic N) is 1. The van der Waals surface area contributed by atoms with E-state index in [1.165, 1.54) is 0 Å². The Balaban J connectivity index is 2.75. The molecule has 0 saturated carbocycles. The Hall–Kier alpha value is -0.570. The molecule has 1 heterocycles. The second-order valence-corrected chi connectivity index (χ2v) is 5.60. The largest absolute Gasteiger partial charge is 0.341 e. The molecule has 0 aromatic carbocycles. The third-order valence-corrected chi connectivity index (χ3v) is 3.58. The van der Waals surface area contributed by atoms with Crippen molar-refractivity contribution in [2.45, 2.75) is 58.9 Å². The molecule has 17 heavy (non-hydrogen) atoms. The molecule has 0 aromatic heterocycles. The van der Waals surface area contributed by atoms with Crippen LogP contribution in [0.15, 0.2) is 0 Å². The number of nitrogens with one attached hydrogen (secondary N) is 1. The van der Waals surface area contributed by atoms with Crippen LogP contribution in [0.25, 0.3) is 0 Å². The fourth-order valence-electron chi connectivity index (χ4n) is 2.83. The van der Waals surface area contributed by atoms with E-state index in [9.17, 15) is 4.79 Å². The number of hydrogen-bond acceptors (Lipinski definition) is 2. The number of likely N-dealkylation sites (N-methyl/N-ethyl adjacent to an activating group) is 1.